The first kappa shape index (κ1) is 91.8. The van der Waals surface area contributed by atoms with Crippen LogP contribution in [0, 0.1) is 408 Å². The summed E-state index contributed by atoms with van der Waals surface area (Å²) in [5.74, 6) is 33.5. The van der Waals surface area contributed by atoms with Crippen molar-refractivity contribution in [2.45, 2.75) is 448 Å². The average Bonchev–Trinajstić information content (AvgIpc) is 1.36. The summed E-state index contributed by atoms with van der Waals surface area (Å²) in [7, 11) is 0. The van der Waals surface area contributed by atoms with Gasteiger partial charge in [0, 0.05) is 0 Å². The summed E-state index contributed by atoms with van der Waals surface area (Å²) < 4.78 is 0. The molecular weight excluding hydrogens is 1660 g/mol. The Hall–Kier alpha value is 0. The minimum absolute atomic E-state index is 0.550. The van der Waals surface area contributed by atoms with Gasteiger partial charge in [-0.15, -0.1) is 0 Å². The first-order valence-corrected chi connectivity index (χ1v) is 63.0. The van der Waals surface area contributed by atoms with Gasteiger partial charge in [0.25, 0.3) is 0 Å². The first-order chi connectivity index (χ1) is 63.0. The maximum absolute atomic E-state index is 2.91. The Morgan fingerprint density at radius 2 is 0.391 bits per heavy atom. The van der Waals surface area contributed by atoms with E-state index in [-0.39, 0.29) is 0 Å². The van der Waals surface area contributed by atoms with Crippen molar-refractivity contribution in [3.05, 3.63) is 0 Å². The van der Waals surface area contributed by atoms with E-state index in [1.54, 1.807) is 103 Å². The third-order valence-electron chi connectivity index (χ3n) is 74.7. The molecule has 0 aliphatic heterocycles. The Morgan fingerprint density at radius 1 is 0.130 bits per heavy atom. The van der Waals surface area contributed by atoms with E-state index < -0.39 is 0 Å². The molecule has 64 atom stereocenters. The molecule has 768 valence electrons. The normalized spacial score (nSPS) is 77.3. The van der Waals surface area contributed by atoms with Crippen LogP contribution < -0.4 is 0 Å². The summed E-state index contributed by atoms with van der Waals surface area (Å²) in [5.41, 5.74) is 22.1. The van der Waals surface area contributed by atoms with Crippen molar-refractivity contribution in [3.8, 4) is 0 Å². The van der Waals surface area contributed by atoms with Crippen LogP contribution in [0.1, 0.15) is 448 Å². The summed E-state index contributed by atoms with van der Waals surface area (Å²) in [5, 5.41) is 0. The molecule has 34 fully saturated rings. The van der Waals surface area contributed by atoms with Gasteiger partial charge in [0.15, 0.2) is 0 Å². The van der Waals surface area contributed by atoms with E-state index in [1.165, 1.54) is 12.8 Å². The SMILES string of the molecule is CC(C)C1C2[C@H](C)[C@H](C)[C@H](C)[C@]34C[C@@]3(C)C(C(C)C)C3[C@H](C)[C@H](C)[C@H](C)[C@@]5(C[C@@]15C)[C@]31C[C@@]214.CC(C)C1[C@@H](C)C2[C@@H](C)[C@@H](C)[C@@]3(C)C[C@@]34C(C(C)C)[C@@H](C)C3[C@@H](C)[C@@H](C)[C@]5(C)C[C@@]15[C@@]31C[C@]214.C[C@H]1C2C3C4C([C@H](C)[C@@]5(C)C[C@@]5(C)[C@]45C[C@@]5(C)[C@@]24CC4(C)C)[C@]2(CC2(C)C)[C@@]2(C)C[C@@]32[C@@]2(C)C[C@@]12C.C[C@H]1C2C3C4C([C@H](C)[C@@]5(CC5(C)C)[C@]35C[C@]5(C)[C@@]3(C)C[C@@]23C)[C@@]2(C)C[C@@]2(C)[C@]2(C)C[C@@]42[C@]12CC2(C)C. The zero-order chi connectivity index (χ0) is 99.5. The largest absolute Gasteiger partial charge is 0.0625 e. The second kappa shape index (κ2) is 21.7. The molecule has 34 aliphatic rings. The predicted molar refractivity (Wildman–Crippen MR) is 569 cm³/mol. The topological polar surface area (TPSA) is 0 Å². The van der Waals surface area contributed by atoms with Crippen molar-refractivity contribution in [2.24, 2.45) is 408 Å². The van der Waals surface area contributed by atoms with E-state index in [9.17, 15) is 0 Å². The quantitative estimate of drug-likeness (QED) is 0.263. The van der Waals surface area contributed by atoms with Crippen LogP contribution in [-0.2, 0) is 0 Å². The Kier molecular flexibility index (Phi) is 14.4. The molecule has 34 aliphatic carbocycles. The van der Waals surface area contributed by atoms with Gasteiger partial charge in [-0.25, -0.2) is 0 Å². The van der Waals surface area contributed by atoms with Crippen LogP contribution in [0.4, 0.5) is 0 Å². The lowest BCUT2D eigenvalue weighted by atomic mass is 9.31. The average molecular weight is 1880 g/mol. The summed E-state index contributed by atoms with van der Waals surface area (Å²) >= 11 is 0. The smallest absolute Gasteiger partial charge is 0.0128 e. The molecule has 0 aromatic carbocycles. The molecule has 34 rings (SSSR count). The molecule has 0 radical (unpaired) electrons. The lowest BCUT2D eigenvalue weighted by Crippen LogP contribution is -2.70. The number of hydrogen-bond acceptors (Lipinski definition) is 0. The maximum Gasteiger partial charge on any atom is -0.0128 e. The number of rotatable bonds is 4. The summed E-state index contributed by atoms with van der Waals surface area (Å²) in [4.78, 5) is 0. The van der Waals surface area contributed by atoms with Crippen molar-refractivity contribution >= 4 is 0 Å². The zero-order valence-electron chi connectivity index (χ0n) is 99.5. The van der Waals surface area contributed by atoms with Crippen molar-refractivity contribution in [1.29, 1.82) is 0 Å². The summed E-state index contributed by atoms with van der Waals surface area (Å²) in [6.45, 7) is 132. The van der Waals surface area contributed by atoms with E-state index in [0.717, 1.165) is 213 Å². The van der Waals surface area contributed by atoms with Gasteiger partial charge in [-0.05, 0) is 524 Å². The Balaban J connectivity index is 0.0000000853. The van der Waals surface area contributed by atoms with E-state index >= 15 is 0 Å². The molecule has 0 amide bonds. The molecule has 34 saturated carbocycles. The Morgan fingerprint density at radius 3 is 0.674 bits per heavy atom. The van der Waals surface area contributed by atoms with E-state index in [0.29, 0.717) is 195 Å². The fraction of sp³-hybridized carbons (Fsp3) is 1.00. The van der Waals surface area contributed by atoms with Crippen LogP contribution in [0.3, 0.4) is 0 Å². The lowest BCUT2D eigenvalue weighted by Gasteiger charge is -2.73. The van der Waals surface area contributed by atoms with Crippen LogP contribution in [0.25, 0.3) is 0 Å². The second-order valence-corrected chi connectivity index (χ2v) is 74.8. The third-order valence-corrected chi connectivity index (χ3v) is 74.7. The zero-order valence-corrected chi connectivity index (χ0v) is 99.5. The van der Waals surface area contributed by atoms with Crippen LogP contribution in [0.2, 0.25) is 0 Å². The first-order valence-electron chi connectivity index (χ1n) is 63.0. The molecule has 0 N–H and O–H groups in total. The van der Waals surface area contributed by atoms with Gasteiger partial charge in [-0.1, -0.05) is 332 Å². The molecule has 16 spiro atoms. The van der Waals surface area contributed by atoms with E-state index in [1.807, 2.05) is 0 Å². The molecule has 0 saturated heterocycles. The molecule has 0 bridgehead atoms. The van der Waals surface area contributed by atoms with Crippen molar-refractivity contribution in [2.75, 3.05) is 0 Å². The molecule has 138 heavy (non-hydrogen) atoms. The molecule has 0 heteroatoms. The summed E-state index contributed by atoms with van der Waals surface area (Å²) in [6, 6.07) is 0. The monoisotopic (exact) mass is 1870 g/mol. The van der Waals surface area contributed by atoms with Crippen molar-refractivity contribution in [1.82, 2.24) is 0 Å². The molecule has 0 heterocycles. The second-order valence-electron chi connectivity index (χ2n) is 74.8. The van der Waals surface area contributed by atoms with Crippen LogP contribution >= 0.6 is 0 Å². The number of fused-ring (bicyclic) bond motifs is 12. The van der Waals surface area contributed by atoms with Crippen molar-refractivity contribution in [3.63, 3.8) is 0 Å². The molecule has 0 aromatic rings. The van der Waals surface area contributed by atoms with Gasteiger partial charge in [0.1, 0.15) is 0 Å². The lowest BCUT2D eigenvalue weighted by molar-refractivity contribution is -0.268. The molecule has 0 aromatic heterocycles. The molecule has 16 unspecified atom stereocenters. The minimum Gasteiger partial charge on any atom is -0.0625 e. The van der Waals surface area contributed by atoms with Crippen molar-refractivity contribution < 1.29 is 0 Å². The van der Waals surface area contributed by atoms with Gasteiger partial charge in [0.2, 0.25) is 0 Å². The molecular formula is C138H216. The van der Waals surface area contributed by atoms with Crippen LogP contribution in [0.5, 0.6) is 0 Å². The van der Waals surface area contributed by atoms with Crippen LogP contribution in [0.15, 0.2) is 0 Å². The van der Waals surface area contributed by atoms with Gasteiger partial charge < -0.3 is 0 Å². The fourth-order valence-corrected chi connectivity index (χ4v) is 70.7. The molecule has 0 nitrogen and oxygen atoms in total. The Bertz CT molecular complexity index is 5390. The highest BCUT2D eigenvalue weighted by atomic mass is 15.2. The third kappa shape index (κ3) is 6.75. The van der Waals surface area contributed by atoms with E-state index in [2.05, 4.69) is 332 Å². The fourth-order valence-electron chi connectivity index (χ4n) is 70.7. The predicted octanol–water partition coefficient (Wildman–Crippen LogP) is 36.1. The van der Waals surface area contributed by atoms with Gasteiger partial charge in [-0.3, -0.25) is 0 Å². The summed E-state index contributed by atoms with van der Waals surface area (Å²) in [6.07, 6.45) is 28.3. The highest BCUT2D eigenvalue weighted by molar-refractivity contribution is 5.60. The highest BCUT2D eigenvalue weighted by Crippen LogP contribution is 3.19. The standard InChI is InChI=1S/2C36H54.2C33H54/c1-19-21-23-24-22(28(8)16-30(28,10)31(11)17-35(24,31)33(19)13-25(33,3)4)20(2)34(14-26(34,5)6)36(23)18-32(36,12)29(9)15-27(21,29)7;1-19-21-23-24-22(34(14-26(34,5)6)32(12)18-35(23,32)29(9)15-27(19,29)7)20(2)28(8)16-30(28,10)36(24)17-31(36,11)33(21)13-25(33,3)4;1-16(2)24-20(7)26-18(5)23(10)29(12)14-31(29)25(17(3)4)21(8)27-19(6)22(9)28(11)13-30(24,28)32(27)15-33(26,31)32;1-16(2)24-26-20(7)18(5)23(10)31-14-29(31,12)25(17(3)4)27-21(8)19(6)22(9)30(13-28(24,30)11)33(27)15-32(26,31)33/h2*19-24H,13-18H2,1-12H3;2*16-27H,13-15H2,1-12H3/t19-,20-,21?,22?,23?,24?,27-,28+,29-,30+,31-,32+,33+,34+,35+,36+;19-,20-,21?,22?,23?,24?,27-,28+,29-,30+,31-,32+,33-,34-,35-,36-;18-,19-,20+,21+,22+,23+,24?,25?,26?,27?,28-,29+,30+,31+,32+,33+;18-,19-,20+,21+,22-,23-,24?,25?,26?,27?,28-,29-,30+,31+,32-,33-/m0000/s1. The number of hydrogen-bond donors (Lipinski definition) is 0. The minimum atomic E-state index is 0.550. The van der Waals surface area contributed by atoms with Gasteiger partial charge in [-0.2, -0.15) is 0 Å². The van der Waals surface area contributed by atoms with Gasteiger partial charge in [0.05, 0.1) is 0 Å². The highest BCUT2D eigenvalue weighted by Gasteiger charge is 3.13. The van der Waals surface area contributed by atoms with Gasteiger partial charge >= 0.3 is 0 Å². The Labute approximate surface area is 850 Å². The van der Waals surface area contributed by atoms with E-state index in [4.69, 9.17) is 0 Å². The maximum atomic E-state index is 2.91. The van der Waals surface area contributed by atoms with Crippen LogP contribution in [-0.4, -0.2) is 0 Å².